The van der Waals surface area contributed by atoms with Gasteiger partial charge in [0.2, 0.25) is 0 Å². The van der Waals surface area contributed by atoms with Crippen molar-refractivity contribution in [2.24, 2.45) is 5.92 Å². The number of halogens is 1. The molecule has 1 atom stereocenters. The minimum atomic E-state index is -0.656. The highest BCUT2D eigenvalue weighted by Gasteiger charge is 2.22. The molecule has 0 aliphatic heterocycles. The Morgan fingerprint density at radius 1 is 1.44 bits per heavy atom. The molecule has 0 spiro atoms. The van der Waals surface area contributed by atoms with Gasteiger partial charge in [-0.25, -0.2) is 0 Å². The molecule has 1 unspecified atom stereocenters. The first-order chi connectivity index (χ1) is 7.47. The molecule has 1 aromatic rings. The molecule has 0 aliphatic carbocycles. The van der Waals surface area contributed by atoms with Gasteiger partial charge in [0.25, 0.3) is 0 Å². The van der Waals surface area contributed by atoms with E-state index in [9.17, 15) is 4.79 Å². The SMILES string of the molecule is Cc1ccc(C(NO)C(=O)C(C)C)cc1Br. The summed E-state index contributed by atoms with van der Waals surface area (Å²) in [6.45, 7) is 5.60. The van der Waals surface area contributed by atoms with Gasteiger partial charge in [0.05, 0.1) is 0 Å². The number of hydroxylamine groups is 1. The Hall–Kier alpha value is -0.710. The summed E-state index contributed by atoms with van der Waals surface area (Å²) in [7, 11) is 0. The van der Waals surface area contributed by atoms with Gasteiger partial charge >= 0.3 is 0 Å². The lowest BCUT2D eigenvalue weighted by Crippen LogP contribution is -2.29. The molecule has 0 bridgehead atoms. The maximum Gasteiger partial charge on any atom is 0.159 e. The molecule has 4 heteroatoms. The number of carbonyl (C=O) groups excluding carboxylic acids is 1. The first-order valence-corrected chi connectivity index (χ1v) is 5.96. The van der Waals surface area contributed by atoms with Crippen molar-refractivity contribution in [1.82, 2.24) is 5.48 Å². The van der Waals surface area contributed by atoms with Crippen molar-refractivity contribution in [3.05, 3.63) is 33.8 Å². The van der Waals surface area contributed by atoms with Crippen molar-refractivity contribution in [3.8, 4) is 0 Å². The molecule has 88 valence electrons. The summed E-state index contributed by atoms with van der Waals surface area (Å²) in [6, 6.07) is 4.95. The molecular formula is C12H16BrNO2. The summed E-state index contributed by atoms with van der Waals surface area (Å²) < 4.78 is 0.932. The van der Waals surface area contributed by atoms with Crippen LogP contribution in [-0.2, 0) is 4.79 Å². The maximum absolute atomic E-state index is 11.8. The number of rotatable bonds is 4. The Balaban J connectivity index is 3.04. The van der Waals surface area contributed by atoms with Gasteiger partial charge < -0.3 is 5.21 Å². The fourth-order valence-corrected chi connectivity index (χ4v) is 1.82. The minimum Gasteiger partial charge on any atom is -0.316 e. The van der Waals surface area contributed by atoms with E-state index < -0.39 is 6.04 Å². The Morgan fingerprint density at radius 2 is 2.06 bits per heavy atom. The predicted molar refractivity (Wildman–Crippen MR) is 66.4 cm³/mol. The van der Waals surface area contributed by atoms with Crippen LogP contribution in [0.2, 0.25) is 0 Å². The van der Waals surface area contributed by atoms with E-state index in [2.05, 4.69) is 21.4 Å². The predicted octanol–water partition coefficient (Wildman–Crippen LogP) is 3.00. The second-order valence-electron chi connectivity index (χ2n) is 4.13. The number of Topliss-reactive ketones (excluding diaryl/α,β-unsaturated/α-hetero) is 1. The van der Waals surface area contributed by atoms with Crippen molar-refractivity contribution in [3.63, 3.8) is 0 Å². The van der Waals surface area contributed by atoms with Crippen LogP contribution >= 0.6 is 15.9 Å². The van der Waals surface area contributed by atoms with Gasteiger partial charge in [-0.2, -0.15) is 5.48 Å². The highest BCUT2D eigenvalue weighted by molar-refractivity contribution is 9.10. The third-order valence-corrected chi connectivity index (χ3v) is 3.37. The quantitative estimate of drug-likeness (QED) is 0.836. The average Bonchev–Trinajstić information content (AvgIpc) is 2.24. The standard InChI is InChI=1S/C12H16BrNO2/c1-7(2)12(15)11(14-16)9-5-4-8(3)10(13)6-9/h4-7,11,14,16H,1-3H3. The van der Waals surface area contributed by atoms with Crippen LogP contribution in [0.5, 0.6) is 0 Å². The normalized spacial score (nSPS) is 12.9. The monoisotopic (exact) mass is 285 g/mol. The van der Waals surface area contributed by atoms with Gasteiger partial charge in [0.15, 0.2) is 5.78 Å². The van der Waals surface area contributed by atoms with Gasteiger partial charge in [-0.05, 0) is 24.1 Å². The zero-order chi connectivity index (χ0) is 12.3. The third kappa shape index (κ3) is 2.90. The zero-order valence-corrected chi connectivity index (χ0v) is 11.2. The molecular weight excluding hydrogens is 270 g/mol. The first kappa shape index (κ1) is 13.4. The number of hydrogen-bond acceptors (Lipinski definition) is 3. The summed E-state index contributed by atoms with van der Waals surface area (Å²) in [6.07, 6.45) is 0. The Bertz CT molecular complexity index is 391. The summed E-state index contributed by atoms with van der Waals surface area (Å²) in [5, 5.41) is 9.07. The van der Waals surface area contributed by atoms with Gasteiger partial charge in [0, 0.05) is 10.4 Å². The van der Waals surface area contributed by atoms with Crippen molar-refractivity contribution in [1.29, 1.82) is 0 Å². The van der Waals surface area contributed by atoms with E-state index in [1.165, 1.54) is 0 Å². The van der Waals surface area contributed by atoms with Gasteiger partial charge in [-0.3, -0.25) is 4.79 Å². The minimum absolute atomic E-state index is 0.0294. The molecule has 0 fully saturated rings. The molecule has 0 saturated carbocycles. The van der Waals surface area contributed by atoms with E-state index in [4.69, 9.17) is 5.21 Å². The Morgan fingerprint density at radius 3 is 2.50 bits per heavy atom. The van der Waals surface area contributed by atoms with Gasteiger partial charge in [-0.1, -0.05) is 41.9 Å². The molecule has 0 radical (unpaired) electrons. The molecule has 0 amide bonds. The van der Waals surface area contributed by atoms with Crippen LogP contribution in [0.4, 0.5) is 0 Å². The maximum atomic E-state index is 11.8. The number of benzene rings is 1. The number of carbonyl (C=O) groups is 1. The van der Waals surface area contributed by atoms with E-state index in [0.717, 1.165) is 15.6 Å². The Kier molecular flexibility index (Phi) is 4.65. The lowest BCUT2D eigenvalue weighted by molar-refractivity contribution is -0.126. The first-order valence-electron chi connectivity index (χ1n) is 5.16. The van der Waals surface area contributed by atoms with Gasteiger partial charge in [-0.15, -0.1) is 0 Å². The van der Waals surface area contributed by atoms with Gasteiger partial charge in [0.1, 0.15) is 6.04 Å². The second-order valence-corrected chi connectivity index (χ2v) is 4.98. The van der Waals surface area contributed by atoms with Crippen LogP contribution in [0.25, 0.3) is 0 Å². The Labute approximate surface area is 104 Å². The number of ketones is 1. The van der Waals surface area contributed by atoms with Crippen LogP contribution in [0.1, 0.15) is 31.0 Å². The van der Waals surface area contributed by atoms with Crippen LogP contribution in [0.15, 0.2) is 22.7 Å². The van der Waals surface area contributed by atoms with Crippen molar-refractivity contribution in [2.45, 2.75) is 26.8 Å². The van der Waals surface area contributed by atoms with Crippen LogP contribution < -0.4 is 5.48 Å². The highest BCUT2D eigenvalue weighted by atomic mass is 79.9. The van der Waals surface area contributed by atoms with Crippen LogP contribution in [0.3, 0.4) is 0 Å². The average molecular weight is 286 g/mol. The molecule has 1 aromatic carbocycles. The van der Waals surface area contributed by atoms with Crippen molar-refractivity contribution in [2.75, 3.05) is 0 Å². The van der Waals surface area contributed by atoms with E-state index in [0.29, 0.717) is 0 Å². The van der Waals surface area contributed by atoms with Crippen molar-refractivity contribution >= 4 is 21.7 Å². The summed E-state index contributed by atoms with van der Waals surface area (Å²) in [5.41, 5.74) is 3.93. The number of hydrogen-bond donors (Lipinski definition) is 2. The lowest BCUT2D eigenvalue weighted by atomic mass is 9.95. The van der Waals surface area contributed by atoms with E-state index >= 15 is 0 Å². The third-order valence-electron chi connectivity index (χ3n) is 2.51. The largest absolute Gasteiger partial charge is 0.316 e. The van der Waals surface area contributed by atoms with E-state index in [-0.39, 0.29) is 11.7 Å². The molecule has 0 saturated heterocycles. The molecule has 0 aliphatic rings. The highest BCUT2D eigenvalue weighted by Crippen LogP contribution is 2.23. The second kappa shape index (κ2) is 5.57. The fraction of sp³-hybridized carbons (Fsp3) is 0.417. The molecule has 16 heavy (non-hydrogen) atoms. The fourth-order valence-electron chi connectivity index (χ4n) is 1.42. The van der Waals surface area contributed by atoms with Crippen LogP contribution in [-0.4, -0.2) is 11.0 Å². The topological polar surface area (TPSA) is 49.3 Å². The summed E-state index contributed by atoms with van der Waals surface area (Å²) in [4.78, 5) is 11.8. The zero-order valence-electron chi connectivity index (χ0n) is 9.62. The molecule has 0 heterocycles. The summed E-state index contributed by atoms with van der Waals surface area (Å²) in [5.74, 6) is -0.150. The molecule has 0 aromatic heterocycles. The van der Waals surface area contributed by atoms with Crippen molar-refractivity contribution < 1.29 is 10.0 Å². The van der Waals surface area contributed by atoms with Crippen LogP contribution in [0, 0.1) is 12.8 Å². The molecule has 2 N–H and O–H groups in total. The van der Waals surface area contributed by atoms with E-state index in [1.54, 1.807) is 0 Å². The van der Waals surface area contributed by atoms with E-state index in [1.807, 2.05) is 39.0 Å². The number of aryl methyl sites for hydroxylation is 1. The summed E-state index contributed by atoms with van der Waals surface area (Å²) >= 11 is 3.41. The lowest BCUT2D eigenvalue weighted by Gasteiger charge is -2.17. The molecule has 1 rings (SSSR count). The number of nitrogens with one attached hydrogen (secondary N) is 1. The molecule has 3 nitrogen and oxygen atoms in total. The smallest absolute Gasteiger partial charge is 0.159 e.